The molecular weight excluding hydrogens is 372 g/mol. The molecular formula is C14H25BrN2O2S2. The maximum absolute atomic E-state index is 12.6. The monoisotopic (exact) mass is 396 g/mol. The zero-order chi connectivity index (χ0) is 16.0. The molecule has 0 aliphatic carbocycles. The molecule has 1 rings (SSSR count). The molecule has 0 radical (unpaired) electrons. The summed E-state index contributed by atoms with van der Waals surface area (Å²) >= 11 is 4.88. The first kappa shape index (κ1) is 19.1. The molecule has 1 aromatic heterocycles. The van der Waals surface area contributed by atoms with E-state index in [1.807, 2.05) is 0 Å². The minimum Gasteiger partial charge on any atom is -0.312 e. The fraction of sp³-hybridized carbons (Fsp3) is 0.714. The second-order valence-electron chi connectivity index (χ2n) is 5.54. The van der Waals surface area contributed by atoms with Gasteiger partial charge in [0, 0.05) is 25.0 Å². The van der Waals surface area contributed by atoms with Crippen LogP contribution in [0.2, 0.25) is 0 Å². The molecule has 0 aromatic carbocycles. The van der Waals surface area contributed by atoms with Crippen molar-refractivity contribution in [2.45, 2.75) is 45.1 Å². The van der Waals surface area contributed by atoms with Crippen molar-refractivity contribution in [1.29, 1.82) is 0 Å². The first-order valence-electron chi connectivity index (χ1n) is 7.24. The van der Waals surface area contributed by atoms with Gasteiger partial charge in [-0.25, -0.2) is 12.7 Å². The van der Waals surface area contributed by atoms with Crippen molar-refractivity contribution >= 4 is 37.3 Å². The van der Waals surface area contributed by atoms with Crippen LogP contribution in [0.4, 0.5) is 0 Å². The van der Waals surface area contributed by atoms with Gasteiger partial charge in [-0.1, -0.05) is 20.8 Å². The smallest absolute Gasteiger partial charge is 0.244 e. The van der Waals surface area contributed by atoms with Crippen LogP contribution in [0.25, 0.3) is 0 Å². The fourth-order valence-corrected chi connectivity index (χ4v) is 5.56. The van der Waals surface area contributed by atoms with E-state index < -0.39 is 10.0 Å². The van der Waals surface area contributed by atoms with Crippen molar-refractivity contribution in [3.63, 3.8) is 0 Å². The minimum absolute atomic E-state index is 0.382. The summed E-state index contributed by atoms with van der Waals surface area (Å²) in [4.78, 5) is 1.42. The third-order valence-corrected chi connectivity index (χ3v) is 7.25. The molecule has 4 nitrogen and oxygen atoms in total. The number of hydrogen-bond acceptors (Lipinski definition) is 4. The second-order valence-corrected chi connectivity index (χ2v) is 10.0. The lowest BCUT2D eigenvalue weighted by Crippen LogP contribution is -2.28. The number of nitrogens with zero attached hydrogens (tertiary/aromatic N) is 1. The zero-order valence-corrected chi connectivity index (χ0v) is 16.4. The first-order valence-corrected chi connectivity index (χ1v) is 10.3. The van der Waals surface area contributed by atoms with Gasteiger partial charge in [-0.05, 0) is 47.3 Å². The van der Waals surface area contributed by atoms with E-state index in [0.717, 1.165) is 24.3 Å². The topological polar surface area (TPSA) is 49.4 Å². The Morgan fingerprint density at radius 2 is 2.10 bits per heavy atom. The van der Waals surface area contributed by atoms with E-state index in [0.29, 0.717) is 27.7 Å². The van der Waals surface area contributed by atoms with E-state index in [9.17, 15) is 8.42 Å². The molecule has 0 amide bonds. The lowest BCUT2D eigenvalue weighted by molar-refractivity contribution is 0.428. The fourth-order valence-electron chi connectivity index (χ4n) is 1.78. The standard InChI is InChI=1S/C14H25BrN2O2S2/c1-5-7-16-10-12-9-13(14(15)20-12)21(18,19)17(4)8-6-11(2)3/h9,11,16H,5-8,10H2,1-4H3. The zero-order valence-electron chi connectivity index (χ0n) is 13.1. The summed E-state index contributed by atoms with van der Waals surface area (Å²) in [5, 5.41) is 3.29. The van der Waals surface area contributed by atoms with Crippen LogP contribution in [-0.2, 0) is 16.6 Å². The van der Waals surface area contributed by atoms with Crippen LogP contribution in [0, 0.1) is 5.92 Å². The highest BCUT2D eigenvalue weighted by molar-refractivity contribution is 9.11. The number of rotatable bonds is 9. The lowest BCUT2D eigenvalue weighted by atomic mass is 10.1. The maximum Gasteiger partial charge on any atom is 0.244 e. The van der Waals surface area contributed by atoms with Gasteiger partial charge >= 0.3 is 0 Å². The molecule has 0 unspecified atom stereocenters. The lowest BCUT2D eigenvalue weighted by Gasteiger charge is -2.17. The summed E-state index contributed by atoms with van der Waals surface area (Å²) in [5.74, 6) is 0.488. The molecule has 0 bridgehead atoms. The molecule has 0 spiro atoms. The van der Waals surface area contributed by atoms with Crippen molar-refractivity contribution in [2.24, 2.45) is 5.92 Å². The highest BCUT2D eigenvalue weighted by Crippen LogP contribution is 2.33. The molecule has 21 heavy (non-hydrogen) atoms. The Morgan fingerprint density at radius 3 is 2.67 bits per heavy atom. The molecule has 0 saturated heterocycles. The van der Waals surface area contributed by atoms with Gasteiger partial charge in [-0.15, -0.1) is 11.3 Å². The summed E-state index contributed by atoms with van der Waals surface area (Å²) in [6.45, 7) is 8.49. The SMILES string of the molecule is CCCNCc1cc(S(=O)(=O)N(C)CCC(C)C)c(Br)s1. The molecule has 7 heteroatoms. The summed E-state index contributed by atoms with van der Waals surface area (Å²) in [7, 11) is -1.76. The Balaban J connectivity index is 2.82. The average molecular weight is 397 g/mol. The number of halogens is 1. The maximum atomic E-state index is 12.6. The predicted octanol–water partition coefficient (Wildman–Crippen LogP) is 3.68. The summed E-state index contributed by atoms with van der Waals surface area (Å²) in [5.41, 5.74) is 0. The van der Waals surface area contributed by atoms with E-state index >= 15 is 0 Å². The van der Waals surface area contributed by atoms with Gasteiger partial charge in [0.05, 0.1) is 3.79 Å². The Hall–Kier alpha value is 0.0500. The molecule has 0 atom stereocenters. The van der Waals surface area contributed by atoms with Crippen LogP contribution in [-0.4, -0.2) is 32.9 Å². The Kier molecular flexibility index (Phi) is 7.84. The van der Waals surface area contributed by atoms with Gasteiger partial charge in [0.15, 0.2) is 0 Å². The van der Waals surface area contributed by atoms with Gasteiger partial charge in [0.1, 0.15) is 4.90 Å². The van der Waals surface area contributed by atoms with Gasteiger partial charge in [0.2, 0.25) is 10.0 Å². The van der Waals surface area contributed by atoms with Crippen LogP contribution in [0.15, 0.2) is 14.7 Å². The molecule has 0 fully saturated rings. The molecule has 1 heterocycles. The number of sulfonamides is 1. The molecule has 1 aromatic rings. The van der Waals surface area contributed by atoms with Crippen molar-refractivity contribution in [2.75, 3.05) is 20.1 Å². The van der Waals surface area contributed by atoms with E-state index in [1.165, 1.54) is 15.6 Å². The van der Waals surface area contributed by atoms with Gasteiger partial charge in [0.25, 0.3) is 0 Å². The van der Waals surface area contributed by atoms with Crippen LogP contribution < -0.4 is 5.32 Å². The largest absolute Gasteiger partial charge is 0.312 e. The summed E-state index contributed by atoms with van der Waals surface area (Å²) in [6.07, 6.45) is 1.93. The van der Waals surface area contributed by atoms with E-state index in [1.54, 1.807) is 13.1 Å². The van der Waals surface area contributed by atoms with Crippen LogP contribution in [0.5, 0.6) is 0 Å². The number of nitrogens with one attached hydrogen (secondary N) is 1. The highest BCUT2D eigenvalue weighted by atomic mass is 79.9. The Morgan fingerprint density at radius 1 is 1.43 bits per heavy atom. The normalized spacial score (nSPS) is 12.5. The van der Waals surface area contributed by atoms with Gasteiger partial charge in [-0.3, -0.25) is 0 Å². The highest BCUT2D eigenvalue weighted by Gasteiger charge is 2.25. The van der Waals surface area contributed by atoms with Crippen molar-refractivity contribution in [1.82, 2.24) is 9.62 Å². The van der Waals surface area contributed by atoms with Crippen molar-refractivity contribution in [3.8, 4) is 0 Å². The summed E-state index contributed by atoms with van der Waals surface area (Å²) in [6, 6.07) is 1.78. The van der Waals surface area contributed by atoms with Crippen LogP contribution in [0.1, 0.15) is 38.5 Å². The van der Waals surface area contributed by atoms with Crippen molar-refractivity contribution in [3.05, 3.63) is 14.7 Å². The number of hydrogen-bond donors (Lipinski definition) is 1. The van der Waals surface area contributed by atoms with Crippen molar-refractivity contribution < 1.29 is 8.42 Å². The molecule has 0 aliphatic rings. The molecule has 0 saturated carbocycles. The molecule has 122 valence electrons. The first-order chi connectivity index (χ1) is 9.78. The van der Waals surface area contributed by atoms with Gasteiger partial charge < -0.3 is 5.32 Å². The van der Waals surface area contributed by atoms with E-state index in [4.69, 9.17) is 0 Å². The van der Waals surface area contributed by atoms with Crippen LogP contribution >= 0.6 is 27.3 Å². The van der Waals surface area contributed by atoms with Gasteiger partial charge in [-0.2, -0.15) is 0 Å². The van der Waals surface area contributed by atoms with Crippen LogP contribution in [0.3, 0.4) is 0 Å². The molecule has 1 N–H and O–H groups in total. The summed E-state index contributed by atoms with van der Waals surface area (Å²) < 4.78 is 27.3. The Labute approximate surface area is 141 Å². The van der Waals surface area contributed by atoms with E-state index in [2.05, 4.69) is 42.0 Å². The third kappa shape index (κ3) is 5.63. The molecule has 0 aliphatic heterocycles. The quantitative estimate of drug-likeness (QED) is 0.647. The minimum atomic E-state index is -3.41. The third-order valence-electron chi connectivity index (χ3n) is 3.14. The second kappa shape index (κ2) is 8.62. The van der Waals surface area contributed by atoms with E-state index in [-0.39, 0.29) is 0 Å². The number of thiophene rings is 1. The average Bonchev–Trinajstić information content (AvgIpc) is 2.78. The Bertz CT molecular complexity index is 541. The predicted molar refractivity (Wildman–Crippen MR) is 93.3 cm³/mol.